The number of amides is 1. The second-order valence-electron chi connectivity index (χ2n) is 7.64. The van der Waals surface area contributed by atoms with Gasteiger partial charge in [0.2, 0.25) is 5.91 Å². The van der Waals surface area contributed by atoms with E-state index in [2.05, 4.69) is 15.4 Å². The number of hydrogen-bond acceptors (Lipinski definition) is 5. The zero-order valence-electron chi connectivity index (χ0n) is 16.7. The summed E-state index contributed by atoms with van der Waals surface area (Å²) in [7, 11) is 1.85. The molecular weight excluding hydrogens is 380 g/mol. The molecule has 0 saturated carbocycles. The number of hydrogen-bond donors (Lipinski definition) is 1. The maximum absolute atomic E-state index is 13.2. The average Bonchev–Trinajstić information content (AvgIpc) is 3.41. The largest absolute Gasteiger partial charge is 0.354 e. The van der Waals surface area contributed by atoms with Crippen LogP contribution in [-0.2, 0) is 18.4 Å². The highest BCUT2D eigenvalue weighted by atomic mass is 16.2. The summed E-state index contributed by atoms with van der Waals surface area (Å²) in [6.45, 7) is 1.61. The Labute approximate surface area is 172 Å². The lowest BCUT2D eigenvalue weighted by molar-refractivity contribution is -0.130. The standard InChI is InChI=1S/C22H22N6O2/c1-26-21-16(12-24-26)11-17(13-23-21)25-18-6-4-5-15-7-10-28(22(30)20(15)18)14-19(29)27-8-2-3-9-27/h4-7,10-13,25H,2-3,8-9,14H2,1H3. The van der Waals surface area contributed by atoms with Gasteiger partial charge in [0.25, 0.3) is 5.56 Å². The predicted octanol–water partition coefficient (Wildman–Crippen LogP) is 2.65. The van der Waals surface area contributed by atoms with E-state index in [4.69, 9.17) is 0 Å². The van der Waals surface area contributed by atoms with Gasteiger partial charge in [-0.05, 0) is 36.4 Å². The molecule has 8 heteroatoms. The molecule has 0 radical (unpaired) electrons. The third-order valence-electron chi connectivity index (χ3n) is 5.62. The van der Waals surface area contributed by atoms with E-state index in [9.17, 15) is 9.59 Å². The van der Waals surface area contributed by atoms with Crippen LogP contribution in [0.4, 0.5) is 11.4 Å². The number of likely N-dealkylation sites (tertiary alicyclic amines) is 1. The molecular formula is C22H22N6O2. The first-order chi connectivity index (χ1) is 14.6. The van der Waals surface area contributed by atoms with Crippen LogP contribution in [0.25, 0.3) is 21.8 Å². The van der Waals surface area contributed by atoms with Crippen molar-refractivity contribution in [2.45, 2.75) is 19.4 Å². The van der Waals surface area contributed by atoms with Gasteiger partial charge >= 0.3 is 0 Å². The summed E-state index contributed by atoms with van der Waals surface area (Å²) in [5.41, 5.74) is 2.07. The van der Waals surface area contributed by atoms with Crippen molar-refractivity contribution in [3.63, 3.8) is 0 Å². The molecule has 0 unspecified atom stereocenters. The Morgan fingerprint density at radius 3 is 2.80 bits per heavy atom. The number of aromatic nitrogens is 4. The zero-order valence-corrected chi connectivity index (χ0v) is 16.7. The summed E-state index contributed by atoms with van der Waals surface area (Å²) in [5, 5.41) is 9.83. The van der Waals surface area contributed by atoms with Gasteiger partial charge in [-0.15, -0.1) is 0 Å². The van der Waals surface area contributed by atoms with E-state index in [0.717, 1.165) is 48.0 Å². The molecule has 0 atom stereocenters. The molecule has 8 nitrogen and oxygen atoms in total. The first kappa shape index (κ1) is 18.4. The van der Waals surface area contributed by atoms with Crippen molar-refractivity contribution in [2.75, 3.05) is 18.4 Å². The normalized spacial score (nSPS) is 14.0. The third kappa shape index (κ3) is 3.20. The molecule has 1 aliphatic rings. The van der Waals surface area contributed by atoms with Gasteiger partial charge in [-0.1, -0.05) is 12.1 Å². The summed E-state index contributed by atoms with van der Waals surface area (Å²) in [4.78, 5) is 32.0. The summed E-state index contributed by atoms with van der Waals surface area (Å²) in [6, 6.07) is 9.50. The zero-order chi connectivity index (χ0) is 20.7. The number of carbonyl (C=O) groups is 1. The summed E-state index contributed by atoms with van der Waals surface area (Å²) < 4.78 is 3.21. The molecule has 30 heavy (non-hydrogen) atoms. The van der Waals surface area contributed by atoms with Gasteiger partial charge in [0, 0.05) is 31.7 Å². The minimum atomic E-state index is -0.182. The van der Waals surface area contributed by atoms with Crippen molar-refractivity contribution in [3.8, 4) is 0 Å². The van der Waals surface area contributed by atoms with Crippen LogP contribution >= 0.6 is 0 Å². The van der Waals surface area contributed by atoms with Crippen molar-refractivity contribution >= 4 is 39.1 Å². The number of nitrogens with zero attached hydrogens (tertiary/aromatic N) is 5. The third-order valence-corrected chi connectivity index (χ3v) is 5.62. The molecule has 1 aliphatic heterocycles. The molecule has 1 fully saturated rings. The van der Waals surface area contributed by atoms with E-state index < -0.39 is 0 Å². The predicted molar refractivity (Wildman–Crippen MR) is 116 cm³/mol. The number of carbonyl (C=O) groups excluding carboxylic acids is 1. The number of anilines is 2. The average molecular weight is 402 g/mol. The highest BCUT2D eigenvalue weighted by Gasteiger charge is 2.19. The molecule has 1 N–H and O–H groups in total. The van der Waals surface area contributed by atoms with Crippen LogP contribution in [-0.4, -0.2) is 43.2 Å². The highest BCUT2D eigenvalue weighted by Crippen LogP contribution is 2.25. The molecule has 0 aliphatic carbocycles. The van der Waals surface area contributed by atoms with Crippen LogP contribution in [0, 0.1) is 0 Å². The van der Waals surface area contributed by atoms with Crippen LogP contribution < -0.4 is 10.9 Å². The Kier molecular flexibility index (Phi) is 4.46. The second kappa shape index (κ2) is 7.29. The molecule has 1 saturated heterocycles. The van der Waals surface area contributed by atoms with Gasteiger partial charge in [0.05, 0.1) is 29.2 Å². The molecule has 152 valence electrons. The SMILES string of the molecule is Cn1ncc2cc(Nc3cccc4ccn(CC(=O)N5CCCC5)c(=O)c34)cnc21. The first-order valence-corrected chi connectivity index (χ1v) is 10.0. The molecule has 1 amide bonds. The number of benzene rings is 1. The van der Waals surface area contributed by atoms with Crippen LogP contribution in [0.3, 0.4) is 0 Å². The van der Waals surface area contributed by atoms with Gasteiger partial charge in [-0.3, -0.25) is 14.3 Å². The van der Waals surface area contributed by atoms with Crippen LogP contribution in [0.2, 0.25) is 0 Å². The Hall–Kier alpha value is -3.68. The summed E-state index contributed by atoms with van der Waals surface area (Å²) in [5.74, 6) is -0.00869. The fraction of sp³-hybridized carbons (Fsp3) is 0.273. The van der Waals surface area contributed by atoms with Gasteiger partial charge in [-0.25, -0.2) is 4.98 Å². The topological polar surface area (TPSA) is 85.0 Å². The Morgan fingerprint density at radius 1 is 1.13 bits per heavy atom. The maximum Gasteiger partial charge on any atom is 0.261 e. The summed E-state index contributed by atoms with van der Waals surface area (Å²) >= 11 is 0. The van der Waals surface area contributed by atoms with E-state index >= 15 is 0 Å². The Morgan fingerprint density at radius 2 is 1.97 bits per heavy atom. The molecule has 5 rings (SSSR count). The van der Waals surface area contributed by atoms with E-state index in [0.29, 0.717) is 11.1 Å². The van der Waals surface area contributed by atoms with Crippen molar-refractivity contribution in [1.82, 2.24) is 24.2 Å². The van der Waals surface area contributed by atoms with Crippen molar-refractivity contribution < 1.29 is 4.79 Å². The quantitative estimate of drug-likeness (QED) is 0.567. The van der Waals surface area contributed by atoms with E-state index in [1.807, 2.05) is 42.3 Å². The number of rotatable bonds is 4. The molecule has 3 aromatic heterocycles. The Balaban J connectivity index is 1.51. The lowest BCUT2D eigenvalue weighted by Gasteiger charge is -2.17. The Bertz CT molecular complexity index is 1320. The number of pyridine rings is 2. The van der Waals surface area contributed by atoms with Gasteiger partial charge in [0.1, 0.15) is 6.54 Å². The van der Waals surface area contributed by atoms with E-state index in [1.165, 1.54) is 4.57 Å². The van der Waals surface area contributed by atoms with Crippen LogP contribution in [0.15, 0.2) is 53.7 Å². The van der Waals surface area contributed by atoms with E-state index in [-0.39, 0.29) is 18.0 Å². The fourth-order valence-electron chi connectivity index (χ4n) is 4.04. The van der Waals surface area contributed by atoms with Crippen molar-refractivity contribution in [3.05, 3.63) is 59.3 Å². The highest BCUT2D eigenvalue weighted by molar-refractivity contribution is 5.95. The minimum Gasteiger partial charge on any atom is -0.354 e. The van der Waals surface area contributed by atoms with Gasteiger partial charge in [-0.2, -0.15) is 5.10 Å². The molecule has 0 spiro atoms. The summed E-state index contributed by atoms with van der Waals surface area (Å²) in [6.07, 6.45) is 7.24. The fourth-order valence-corrected chi connectivity index (χ4v) is 4.04. The first-order valence-electron chi connectivity index (χ1n) is 10.0. The monoisotopic (exact) mass is 402 g/mol. The lowest BCUT2D eigenvalue weighted by Crippen LogP contribution is -2.34. The number of aryl methyl sites for hydroxylation is 1. The molecule has 0 bridgehead atoms. The molecule has 1 aromatic carbocycles. The second-order valence-corrected chi connectivity index (χ2v) is 7.64. The van der Waals surface area contributed by atoms with Crippen molar-refractivity contribution in [2.24, 2.45) is 7.05 Å². The van der Waals surface area contributed by atoms with Crippen LogP contribution in [0.1, 0.15) is 12.8 Å². The molecule has 4 aromatic rings. The lowest BCUT2D eigenvalue weighted by atomic mass is 10.1. The number of nitrogens with one attached hydrogen (secondary N) is 1. The van der Waals surface area contributed by atoms with Crippen molar-refractivity contribution in [1.29, 1.82) is 0 Å². The minimum absolute atomic E-state index is 0.00869. The maximum atomic E-state index is 13.2. The van der Waals surface area contributed by atoms with Gasteiger partial charge in [0.15, 0.2) is 5.65 Å². The number of fused-ring (bicyclic) bond motifs is 2. The van der Waals surface area contributed by atoms with E-state index in [1.54, 1.807) is 23.3 Å². The van der Waals surface area contributed by atoms with Gasteiger partial charge < -0.3 is 14.8 Å². The molecule has 4 heterocycles. The van der Waals surface area contributed by atoms with Crippen LogP contribution in [0.5, 0.6) is 0 Å². The smallest absolute Gasteiger partial charge is 0.261 e.